The number of hydrogen-bond donors (Lipinski definition) is 0. The lowest BCUT2D eigenvalue weighted by Gasteiger charge is -2.12. The summed E-state index contributed by atoms with van der Waals surface area (Å²) in [5, 5.41) is 9.46. The van der Waals surface area contributed by atoms with E-state index in [4.69, 9.17) is 18.9 Å². The number of rotatable bonds is 9. The van der Waals surface area contributed by atoms with Gasteiger partial charge in [-0.1, -0.05) is 23.9 Å². The lowest BCUT2D eigenvalue weighted by Crippen LogP contribution is -2.05. The first-order chi connectivity index (χ1) is 17.2. The molecule has 0 unspecified atom stereocenters. The molecule has 5 rings (SSSR count). The summed E-state index contributed by atoms with van der Waals surface area (Å²) in [4.78, 5) is 12.9. The molecular formula is C26H23N3O5S. The first kappa shape index (κ1) is 22.8. The Morgan fingerprint density at radius 2 is 1.83 bits per heavy atom. The van der Waals surface area contributed by atoms with E-state index in [0.29, 0.717) is 34.7 Å². The molecule has 4 aromatic rings. The van der Waals surface area contributed by atoms with Gasteiger partial charge in [-0.2, -0.15) is 0 Å². The Bertz CT molecular complexity index is 1350. The van der Waals surface area contributed by atoms with Gasteiger partial charge in [-0.25, -0.2) is 0 Å². The van der Waals surface area contributed by atoms with Gasteiger partial charge in [0.05, 0.1) is 19.5 Å². The number of aromatic nitrogens is 3. The van der Waals surface area contributed by atoms with E-state index in [1.165, 1.54) is 11.8 Å². The number of benzene rings is 3. The summed E-state index contributed by atoms with van der Waals surface area (Å²) in [7, 11) is 1.62. The quantitative estimate of drug-likeness (QED) is 0.239. The van der Waals surface area contributed by atoms with Crippen molar-refractivity contribution < 1.29 is 23.7 Å². The number of fused-ring (bicyclic) bond motifs is 1. The van der Waals surface area contributed by atoms with Gasteiger partial charge in [-0.15, -0.1) is 10.2 Å². The second-order valence-electron chi connectivity index (χ2n) is 7.58. The minimum absolute atomic E-state index is 0.0440. The molecule has 0 bridgehead atoms. The highest BCUT2D eigenvalue weighted by atomic mass is 32.2. The molecule has 3 aromatic carbocycles. The first-order valence-electron chi connectivity index (χ1n) is 11.0. The maximum atomic E-state index is 12.9. The third kappa shape index (κ3) is 4.81. The molecule has 0 saturated heterocycles. The molecule has 1 aliphatic rings. The van der Waals surface area contributed by atoms with Gasteiger partial charge >= 0.3 is 0 Å². The second-order valence-corrected chi connectivity index (χ2v) is 8.52. The van der Waals surface area contributed by atoms with Gasteiger partial charge in [-0.3, -0.25) is 9.36 Å². The zero-order chi connectivity index (χ0) is 24.2. The van der Waals surface area contributed by atoms with E-state index in [0.717, 1.165) is 22.7 Å². The van der Waals surface area contributed by atoms with Gasteiger partial charge in [0.2, 0.25) is 6.79 Å². The highest BCUT2D eigenvalue weighted by Gasteiger charge is 2.20. The van der Waals surface area contributed by atoms with E-state index in [2.05, 4.69) is 10.2 Å². The van der Waals surface area contributed by atoms with Crippen LogP contribution in [0.25, 0.3) is 17.1 Å². The van der Waals surface area contributed by atoms with Crippen LogP contribution in [0, 0.1) is 0 Å². The normalized spacial score (nSPS) is 11.9. The standard InChI is InChI=1S/C26H23N3O5S/c1-3-32-20-10-8-19(9-11-20)29-25(18-5-4-6-21(13-18)31-2)27-28-26(29)35-15-22(30)17-7-12-23-24(14-17)34-16-33-23/h4-14H,3,15-16H2,1-2H3. The van der Waals surface area contributed by atoms with Crippen LogP contribution in [0.4, 0.5) is 0 Å². The highest BCUT2D eigenvalue weighted by molar-refractivity contribution is 7.99. The fraction of sp³-hybridized carbons (Fsp3) is 0.192. The minimum atomic E-state index is -0.0440. The number of ketones is 1. The van der Waals surface area contributed by atoms with Crippen LogP contribution in [-0.2, 0) is 0 Å². The van der Waals surface area contributed by atoms with E-state index in [9.17, 15) is 4.79 Å². The third-order valence-corrected chi connectivity index (χ3v) is 6.32. The largest absolute Gasteiger partial charge is 0.497 e. The number of hydrogen-bond acceptors (Lipinski definition) is 8. The zero-order valence-corrected chi connectivity index (χ0v) is 20.1. The number of methoxy groups -OCH3 is 1. The van der Waals surface area contributed by atoms with Crippen molar-refractivity contribution in [3.8, 4) is 40.1 Å². The molecule has 0 amide bonds. The molecule has 0 atom stereocenters. The fourth-order valence-electron chi connectivity index (χ4n) is 3.69. The molecule has 178 valence electrons. The summed E-state index contributed by atoms with van der Waals surface area (Å²) in [6, 6.07) is 20.5. The minimum Gasteiger partial charge on any atom is -0.497 e. The fourth-order valence-corrected chi connectivity index (χ4v) is 4.53. The average Bonchev–Trinajstić information content (AvgIpc) is 3.54. The van der Waals surface area contributed by atoms with Gasteiger partial charge in [0.25, 0.3) is 0 Å². The molecule has 0 N–H and O–H groups in total. The van der Waals surface area contributed by atoms with Crippen molar-refractivity contribution in [2.24, 2.45) is 0 Å². The van der Waals surface area contributed by atoms with Crippen LogP contribution in [-0.4, -0.2) is 46.8 Å². The van der Waals surface area contributed by atoms with Crippen molar-refractivity contribution in [1.29, 1.82) is 0 Å². The lowest BCUT2D eigenvalue weighted by atomic mass is 10.1. The van der Waals surface area contributed by atoms with Gasteiger partial charge in [0.1, 0.15) is 11.5 Å². The van der Waals surface area contributed by atoms with Crippen molar-refractivity contribution >= 4 is 17.5 Å². The molecule has 0 spiro atoms. The Balaban J connectivity index is 1.45. The van der Waals surface area contributed by atoms with E-state index >= 15 is 0 Å². The Kier molecular flexibility index (Phi) is 6.58. The molecule has 35 heavy (non-hydrogen) atoms. The molecule has 1 aliphatic heterocycles. The third-order valence-electron chi connectivity index (χ3n) is 5.39. The van der Waals surface area contributed by atoms with Crippen LogP contribution in [0.15, 0.2) is 71.9 Å². The maximum absolute atomic E-state index is 12.9. The predicted molar refractivity (Wildman–Crippen MR) is 132 cm³/mol. The van der Waals surface area contributed by atoms with Crippen LogP contribution in [0.3, 0.4) is 0 Å². The molecule has 8 nitrogen and oxygen atoms in total. The SMILES string of the molecule is CCOc1ccc(-n2c(SCC(=O)c3ccc4c(c3)OCO4)nnc2-c2cccc(OC)c2)cc1. The van der Waals surface area contributed by atoms with Crippen LogP contribution in [0.2, 0.25) is 0 Å². The molecule has 0 fully saturated rings. The maximum Gasteiger partial charge on any atom is 0.231 e. The highest BCUT2D eigenvalue weighted by Crippen LogP contribution is 2.34. The molecule has 9 heteroatoms. The summed E-state index contributed by atoms with van der Waals surface area (Å²) in [6.07, 6.45) is 0. The molecule has 0 aliphatic carbocycles. The average molecular weight is 490 g/mol. The molecule has 0 radical (unpaired) electrons. The van der Waals surface area contributed by atoms with Crippen molar-refractivity contribution in [3.63, 3.8) is 0 Å². The Labute approximate surface area is 206 Å². The van der Waals surface area contributed by atoms with Crippen molar-refractivity contribution in [2.45, 2.75) is 12.1 Å². The van der Waals surface area contributed by atoms with E-state index in [-0.39, 0.29) is 18.3 Å². The van der Waals surface area contributed by atoms with Crippen LogP contribution < -0.4 is 18.9 Å². The molecule has 0 saturated carbocycles. The van der Waals surface area contributed by atoms with E-state index < -0.39 is 0 Å². The monoisotopic (exact) mass is 489 g/mol. The summed E-state index contributed by atoms with van der Waals surface area (Å²) in [6.45, 7) is 2.70. The van der Waals surface area contributed by atoms with Crippen LogP contribution in [0.1, 0.15) is 17.3 Å². The van der Waals surface area contributed by atoms with Crippen molar-refractivity contribution in [3.05, 3.63) is 72.3 Å². The van der Waals surface area contributed by atoms with Crippen molar-refractivity contribution in [1.82, 2.24) is 14.8 Å². The predicted octanol–water partition coefficient (Wildman–Crippen LogP) is 5.05. The summed E-state index contributed by atoms with van der Waals surface area (Å²) >= 11 is 1.32. The Morgan fingerprint density at radius 1 is 1.00 bits per heavy atom. The molecule has 1 aromatic heterocycles. The van der Waals surface area contributed by atoms with Gasteiger partial charge in [-0.05, 0) is 61.5 Å². The second kappa shape index (κ2) is 10.1. The number of carbonyl (C=O) groups excluding carboxylic acids is 1. The van der Waals surface area contributed by atoms with Gasteiger partial charge < -0.3 is 18.9 Å². The van der Waals surface area contributed by atoms with Crippen molar-refractivity contribution in [2.75, 3.05) is 26.3 Å². The summed E-state index contributed by atoms with van der Waals surface area (Å²) < 4.78 is 23.6. The number of thioether (sulfide) groups is 1. The Morgan fingerprint density at radius 3 is 2.63 bits per heavy atom. The number of ether oxygens (including phenoxy) is 4. The van der Waals surface area contributed by atoms with E-state index in [1.807, 2.05) is 60.0 Å². The van der Waals surface area contributed by atoms with Crippen LogP contribution >= 0.6 is 11.8 Å². The number of Topliss-reactive ketones (excluding diaryl/α,β-unsaturated/α-hetero) is 1. The van der Waals surface area contributed by atoms with Crippen LogP contribution in [0.5, 0.6) is 23.0 Å². The van der Waals surface area contributed by atoms with Gasteiger partial charge in [0.15, 0.2) is 28.3 Å². The Hall–Kier alpha value is -3.98. The number of nitrogens with zero attached hydrogens (tertiary/aromatic N) is 3. The number of carbonyl (C=O) groups is 1. The topological polar surface area (TPSA) is 84.7 Å². The zero-order valence-electron chi connectivity index (χ0n) is 19.3. The summed E-state index contributed by atoms with van der Waals surface area (Å²) in [5.41, 5.74) is 2.26. The summed E-state index contributed by atoms with van der Waals surface area (Å²) in [5.74, 6) is 3.51. The smallest absolute Gasteiger partial charge is 0.231 e. The van der Waals surface area contributed by atoms with Gasteiger partial charge in [0, 0.05) is 16.8 Å². The first-order valence-corrected chi connectivity index (χ1v) is 12.0. The lowest BCUT2D eigenvalue weighted by molar-refractivity contribution is 0.102. The van der Waals surface area contributed by atoms with E-state index in [1.54, 1.807) is 25.3 Å². The molecule has 2 heterocycles. The molecular weight excluding hydrogens is 466 g/mol.